The van der Waals surface area contributed by atoms with Crippen molar-refractivity contribution in [1.29, 1.82) is 0 Å². The zero-order valence-corrected chi connectivity index (χ0v) is 15.1. The van der Waals surface area contributed by atoms with Crippen LogP contribution in [0.2, 0.25) is 0 Å². The normalized spacial score (nSPS) is 12.6. The average molecular weight is 432 g/mol. The number of alkyl halides is 3. The number of rotatable bonds is 5. The van der Waals surface area contributed by atoms with Crippen molar-refractivity contribution in [3.8, 4) is 5.75 Å². The quantitative estimate of drug-likeness (QED) is 0.414. The third-order valence-electron chi connectivity index (χ3n) is 2.77. The topological polar surface area (TPSA) is 60.0 Å². The second-order valence-corrected chi connectivity index (χ2v) is 6.54. The van der Waals surface area contributed by atoms with Gasteiger partial charge in [-0.25, -0.2) is 0 Å². The Hall–Kier alpha value is -2.00. The third kappa shape index (κ3) is 7.18. The van der Waals surface area contributed by atoms with E-state index < -0.39 is 6.36 Å². The number of ether oxygens (including phenoxy) is 1. The van der Waals surface area contributed by atoms with Gasteiger partial charge in [0, 0.05) is 5.75 Å². The van der Waals surface area contributed by atoms with Crippen LogP contribution in [-0.2, 0) is 5.75 Å². The van der Waals surface area contributed by atoms with Crippen LogP contribution in [0.4, 0.5) is 13.2 Å². The van der Waals surface area contributed by atoms with Gasteiger partial charge in [-0.1, -0.05) is 48.2 Å². The molecular formula is C16H13BrF3N3OS. The molecule has 4 nitrogen and oxygen atoms in total. The summed E-state index contributed by atoms with van der Waals surface area (Å²) in [7, 11) is 0. The van der Waals surface area contributed by atoms with Crippen LogP contribution < -0.4 is 10.5 Å². The van der Waals surface area contributed by atoms with Crippen molar-refractivity contribution < 1.29 is 17.9 Å². The molecule has 2 aromatic rings. The molecule has 0 aliphatic carbocycles. The first-order chi connectivity index (χ1) is 11.8. The van der Waals surface area contributed by atoms with Crippen molar-refractivity contribution in [2.75, 3.05) is 0 Å². The maximum Gasteiger partial charge on any atom is 0.573 e. The summed E-state index contributed by atoms with van der Waals surface area (Å²) in [6.07, 6.45) is -3.47. The van der Waals surface area contributed by atoms with E-state index in [9.17, 15) is 13.2 Å². The van der Waals surface area contributed by atoms with Gasteiger partial charge in [0.2, 0.25) is 0 Å². The first-order valence-corrected chi connectivity index (χ1v) is 8.70. The van der Waals surface area contributed by atoms with Gasteiger partial charge in [-0.05, 0) is 39.2 Å². The fourth-order valence-electron chi connectivity index (χ4n) is 1.72. The molecule has 132 valence electrons. The Morgan fingerprint density at radius 3 is 2.60 bits per heavy atom. The van der Waals surface area contributed by atoms with Gasteiger partial charge in [0.05, 0.1) is 10.7 Å². The van der Waals surface area contributed by atoms with E-state index >= 15 is 0 Å². The molecule has 0 saturated carbocycles. The van der Waals surface area contributed by atoms with Crippen LogP contribution in [0, 0.1) is 0 Å². The molecule has 2 aromatic carbocycles. The minimum atomic E-state index is -4.77. The van der Waals surface area contributed by atoms with Crippen LogP contribution in [-0.4, -0.2) is 17.7 Å². The Morgan fingerprint density at radius 2 is 1.92 bits per heavy atom. The highest BCUT2D eigenvalue weighted by Crippen LogP contribution is 2.30. The Bertz CT molecular complexity index is 767. The minimum Gasteiger partial charge on any atom is -0.405 e. The standard InChI is InChI=1S/C16H13BrF3N3OS/c17-13-7-6-12(8-14(13)24-16(18,19)20)9-22-23-15(21)25-10-11-4-2-1-3-5-11/h1-9H,10H2,(H2,21,23). The van der Waals surface area contributed by atoms with Crippen LogP contribution in [0.5, 0.6) is 5.75 Å². The lowest BCUT2D eigenvalue weighted by molar-refractivity contribution is -0.274. The van der Waals surface area contributed by atoms with Gasteiger partial charge in [-0.2, -0.15) is 5.10 Å². The van der Waals surface area contributed by atoms with E-state index in [1.807, 2.05) is 30.3 Å². The Morgan fingerprint density at radius 1 is 1.20 bits per heavy atom. The zero-order chi connectivity index (χ0) is 18.3. The lowest BCUT2D eigenvalue weighted by Gasteiger charge is -2.10. The van der Waals surface area contributed by atoms with E-state index in [2.05, 4.69) is 30.9 Å². The lowest BCUT2D eigenvalue weighted by atomic mass is 10.2. The molecule has 0 aromatic heterocycles. The number of hydrogen-bond donors (Lipinski definition) is 1. The monoisotopic (exact) mass is 431 g/mol. The molecule has 2 rings (SSSR count). The van der Waals surface area contributed by atoms with Gasteiger partial charge in [-0.3, -0.25) is 0 Å². The summed E-state index contributed by atoms with van der Waals surface area (Å²) >= 11 is 4.31. The highest BCUT2D eigenvalue weighted by Gasteiger charge is 2.31. The van der Waals surface area contributed by atoms with E-state index in [4.69, 9.17) is 5.73 Å². The first-order valence-electron chi connectivity index (χ1n) is 6.92. The largest absolute Gasteiger partial charge is 0.573 e. The first kappa shape index (κ1) is 19.3. The van der Waals surface area contributed by atoms with E-state index in [0.29, 0.717) is 11.3 Å². The van der Waals surface area contributed by atoms with Crippen LogP contribution in [0.25, 0.3) is 0 Å². The number of hydrogen-bond acceptors (Lipinski definition) is 4. The summed E-state index contributed by atoms with van der Waals surface area (Å²) in [4.78, 5) is 0. The van der Waals surface area contributed by atoms with E-state index in [0.717, 1.165) is 5.56 Å². The lowest BCUT2D eigenvalue weighted by Crippen LogP contribution is -2.17. The molecule has 0 aliphatic heterocycles. The summed E-state index contributed by atoms with van der Waals surface area (Å²) < 4.78 is 41.1. The van der Waals surface area contributed by atoms with Gasteiger partial charge < -0.3 is 10.5 Å². The molecule has 0 heterocycles. The van der Waals surface area contributed by atoms with Crippen LogP contribution in [0.1, 0.15) is 11.1 Å². The smallest absolute Gasteiger partial charge is 0.405 e. The fraction of sp³-hybridized carbons (Fsp3) is 0.125. The molecule has 0 aliphatic rings. The summed E-state index contributed by atoms with van der Waals surface area (Å²) in [5, 5.41) is 7.85. The summed E-state index contributed by atoms with van der Waals surface area (Å²) in [6.45, 7) is 0. The molecule has 0 radical (unpaired) electrons. The molecular weight excluding hydrogens is 419 g/mol. The molecule has 9 heteroatoms. The second-order valence-electron chi connectivity index (χ2n) is 4.69. The SMILES string of the molecule is NC(=NN=Cc1ccc(Br)c(OC(F)(F)F)c1)SCc1ccccc1. The maximum atomic E-state index is 12.3. The highest BCUT2D eigenvalue weighted by molar-refractivity contribution is 9.10. The predicted octanol–water partition coefficient (Wildman–Crippen LogP) is 4.93. The third-order valence-corrected chi connectivity index (χ3v) is 4.28. The molecule has 0 atom stereocenters. The molecule has 0 unspecified atom stereocenters. The number of halogens is 4. The van der Waals surface area contributed by atoms with E-state index in [-0.39, 0.29) is 15.4 Å². The molecule has 0 amide bonds. The molecule has 0 saturated heterocycles. The van der Waals surface area contributed by atoms with Crippen LogP contribution in [0.3, 0.4) is 0 Å². The van der Waals surface area contributed by atoms with Crippen molar-refractivity contribution in [2.24, 2.45) is 15.9 Å². The minimum absolute atomic E-state index is 0.184. The Balaban J connectivity index is 1.97. The second kappa shape index (κ2) is 8.91. The summed E-state index contributed by atoms with van der Waals surface area (Å²) in [5.74, 6) is 0.292. The Kier molecular flexibility index (Phi) is 6.89. The van der Waals surface area contributed by atoms with E-state index in [1.54, 1.807) is 6.07 Å². The molecule has 0 fully saturated rings. The Labute approximate surface area is 155 Å². The van der Waals surface area contributed by atoms with Gasteiger partial charge in [0.1, 0.15) is 5.75 Å². The van der Waals surface area contributed by atoms with Crippen LogP contribution >= 0.6 is 27.7 Å². The molecule has 0 spiro atoms. The van der Waals surface area contributed by atoms with Gasteiger partial charge in [0.15, 0.2) is 5.17 Å². The van der Waals surface area contributed by atoms with Crippen molar-refractivity contribution in [2.45, 2.75) is 12.1 Å². The summed E-state index contributed by atoms with van der Waals surface area (Å²) in [6, 6.07) is 13.9. The average Bonchev–Trinajstić information content (AvgIpc) is 2.55. The highest BCUT2D eigenvalue weighted by atomic mass is 79.9. The number of amidine groups is 1. The van der Waals surface area contributed by atoms with Crippen molar-refractivity contribution >= 4 is 39.1 Å². The molecule has 0 bridgehead atoms. The van der Waals surface area contributed by atoms with Gasteiger partial charge in [0.25, 0.3) is 0 Å². The molecule has 25 heavy (non-hydrogen) atoms. The predicted molar refractivity (Wildman–Crippen MR) is 97.8 cm³/mol. The van der Waals surface area contributed by atoms with Gasteiger partial charge in [-0.15, -0.1) is 18.3 Å². The van der Waals surface area contributed by atoms with Crippen molar-refractivity contribution in [3.05, 3.63) is 64.1 Å². The maximum absolute atomic E-state index is 12.3. The molecule has 2 N–H and O–H groups in total. The number of nitrogens with two attached hydrogens (primary N) is 1. The summed E-state index contributed by atoms with van der Waals surface area (Å²) in [5.41, 5.74) is 7.23. The number of nitrogens with zero attached hydrogens (tertiary/aromatic N) is 2. The van der Waals surface area contributed by atoms with Gasteiger partial charge >= 0.3 is 6.36 Å². The van der Waals surface area contributed by atoms with E-state index in [1.165, 1.54) is 30.1 Å². The number of benzene rings is 2. The zero-order valence-electron chi connectivity index (χ0n) is 12.7. The van der Waals surface area contributed by atoms with Crippen molar-refractivity contribution in [1.82, 2.24) is 0 Å². The fourth-order valence-corrected chi connectivity index (χ4v) is 2.66. The van der Waals surface area contributed by atoms with Crippen molar-refractivity contribution in [3.63, 3.8) is 0 Å². The van der Waals surface area contributed by atoms with Crippen LogP contribution in [0.15, 0.2) is 63.2 Å². The number of thioether (sulfide) groups is 1.